The number of aliphatic hydroxyl groups is 1. The van der Waals surface area contributed by atoms with Crippen molar-refractivity contribution < 1.29 is 5.11 Å². The molecule has 3 heterocycles. The predicted octanol–water partition coefficient (Wildman–Crippen LogP) is -0.532. The minimum absolute atomic E-state index is 0.364. The van der Waals surface area contributed by atoms with Gasteiger partial charge in [-0.05, 0) is 13.3 Å². The van der Waals surface area contributed by atoms with Crippen LogP contribution in [0.15, 0.2) is 34.2 Å². The molecule has 0 unspecified atom stereocenters. The lowest BCUT2D eigenvalue weighted by molar-refractivity contribution is -0.0603. The van der Waals surface area contributed by atoms with Crippen LogP contribution in [-0.4, -0.2) is 48.0 Å². The summed E-state index contributed by atoms with van der Waals surface area (Å²) in [6, 6.07) is 0.941. The van der Waals surface area contributed by atoms with E-state index in [1.807, 2.05) is 19.4 Å². The Hall–Kier alpha value is -2.19. The van der Waals surface area contributed by atoms with E-state index in [4.69, 9.17) is 0 Å². The van der Waals surface area contributed by atoms with E-state index in [1.165, 1.54) is 16.8 Å². The molecule has 3 rings (SSSR count). The van der Waals surface area contributed by atoms with Gasteiger partial charge in [0.05, 0.1) is 17.8 Å². The van der Waals surface area contributed by atoms with Crippen molar-refractivity contribution in [1.29, 1.82) is 0 Å². The van der Waals surface area contributed by atoms with Gasteiger partial charge in [0.25, 0.3) is 5.56 Å². The first-order chi connectivity index (χ1) is 10.8. The zero-order valence-corrected chi connectivity index (χ0v) is 13.3. The largest absolute Gasteiger partial charge is 0.387 e. The lowest BCUT2D eigenvalue weighted by Crippen LogP contribution is -2.54. The topological polar surface area (TPSA) is 96.2 Å². The lowest BCUT2D eigenvalue weighted by atomic mass is 9.88. The maximum Gasteiger partial charge on any atom is 0.328 e. The molecule has 0 aromatic carbocycles. The van der Waals surface area contributed by atoms with E-state index in [2.05, 4.69) is 15.0 Å². The number of aromatic nitrogens is 4. The molecular formula is C15H21N5O3. The number of aromatic amines is 1. The van der Waals surface area contributed by atoms with Gasteiger partial charge in [-0.3, -0.25) is 23.9 Å². The molecule has 0 amide bonds. The van der Waals surface area contributed by atoms with Crippen LogP contribution in [0.4, 0.5) is 0 Å². The van der Waals surface area contributed by atoms with Gasteiger partial charge >= 0.3 is 5.69 Å². The van der Waals surface area contributed by atoms with Gasteiger partial charge in [0.2, 0.25) is 0 Å². The molecule has 1 fully saturated rings. The van der Waals surface area contributed by atoms with Crippen LogP contribution in [-0.2, 0) is 13.6 Å². The molecule has 8 nitrogen and oxygen atoms in total. The first-order valence-corrected chi connectivity index (χ1v) is 7.59. The Balaban J connectivity index is 1.77. The molecule has 0 radical (unpaired) electrons. The molecule has 0 bridgehead atoms. The second-order valence-corrected chi connectivity index (χ2v) is 6.41. The van der Waals surface area contributed by atoms with Gasteiger partial charge in [-0.25, -0.2) is 4.79 Å². The van der Waals surface area contributed by atoms with Gasteiger partial charge in [-0.1, -0.05) is 0 Å². The summed E-state index contributed by atoms with van der Waals surface area (Å²) in [4.78, 5) is 27.6. The number of hydrogen-bond donors (Lipinski definition) is 2. The number of hydrogen-bond acceptors (Lipinski definition) is 5. The lowest BCUT2D eigenvalue weighted by Gasteiger charge is -2.43. The van der Waals surface area contributed by atoms with E-state index in [0.717, 1.165) is 12.1 Å². The number of likely N-dealkylation sites (tertiary alicyclic amines) is 1. The summed E-state index contributed by atoms with van der Waals surface area (Å²) >= 11 is 0. The van der Waals surface area contributed by atoms with Crippen molar-refractivity contribution in [1.82, 2.24) is 24.2 Å². The van der Waals surface area contributed by atoms with Crippen LogP contribution < -0.4 is 11.2 Å². The van der Waals surface area contributed by atoms with Crippen molar-refractivity contribution >= 4 is 0 Å². The Morgan fingerprint density at radius 3 is 2.87 bits per heavy atom. The molecule has 0 spiro atoms. The zero-order valence-electron chi connectivity index (χ0n) is 13.3. The number of β-amino-alcohol motifs (C(OH)–C–C–N with tert-alkyl or cyclic N) is 1. The van der Waals surface area contributed by atoms with Crippen molar-refractivity contribution in [3.63, 3.8) is 0 Å². The van der Waals surface area contributed by atoms with E-state index in [0.29, 0.717) is 19.5 Å². The maximum absolute atomic E-state index is 12.0. The van der Waals surface area contributed by atoms with Gasteiger partial charge in [-0.2, -0.15) is 5.10 Å². The number of rotatable bonds is 3. The molecule has 1 saturated heterocycles. The summed E-state index contributed by atoms with van der Waals surface area (Å²) in [5.74, 6) is 0. The Morgan fingerprint density at radius 2 is 2.26 bits per heavy atom. The van der Waals surface area contributed by atoms with Gasteiger partial charge in [-0.15, -0.1) is 0 Å². The Bertz CT molecular complexity index is 804. The number of nitrogens with one attached hydrogen (secondary N) is 1. The highest BCUT2D eigenvalue weighted by atomic mass is 16.3. The highest BCUT2D eigenvalue weighted by Crippen LogP contribution is 2.31. The van der Waals surface area contributed by atoms with E-state index in [-0.39, 0.29) is 6.04 Å². The third-order valence-corrected chi connectivity index (χ3v) is 4.33. The quantitative estimate of drug-likeness (QED) is 0.793. The summed E-state index contributed by atoms with van der Waals surface area (Å²) in [5, 5.41) is 15.0. The first-order valence-electron chi connectivity index (χ1n) is 7.59. The Kier molecular flexibility index (Phi) is 3.95. The fourth-order valence-corrected chi connectivity index (χ4v) is 3.31. The summed E-state index contributed by atoms with van der Waals surface area (Å²) in [7, 11) is 1.87. The van der Waals surface area contributed by atoms with Crippen LogP contribution in [0.25, 0.3) is 0 Å². The van der Waals surface area contributed by atoms with Gasteiger partial charge in [0.15, 0.2) is 0 Å². The van der Waals surface area contributed by atoms with Crippen LogP contribution in [0.3, 0.4) is 0 Å². The number of piperidine rings is 1. The summed E-state index contributed by atoms with van der Waals surface area (Å²) in [5.41, 5.74) is -0.894. The van der Waals surface area contributed by atoms with Crippen molar-refractivity contribution in [2.75, 3.05) is 13.1 Å². The Labute approximate surface area is 133 Å². The third kappa shape index (κ3) is 3.27. The molecule has 8 heteroatoms. The van der Waals surface area contributed by atoms with Crippen molar-refractivity contribution in [3.05, 3.63) is 51.1 Å². The Morgan fingerprint density at radius 1 is 1.48 bits per heavy atom. The number of aryl methyl sites for hydroxylation is 1. The second kappa shape index (κ2) is 5.78. The van der Waals surface area contributed by atoms with Crippen LogP contribution in [0.2, 0.25) is 0 Å². The summed E-state index contributed by atoms with van der Waals surface area (Å²) in [6.45, 7) is 3.63. The monoisotopic (exact) mass is 319 g/mol. The molecule has 1 aliphatic rings. The standard InChI is InChI=1S/C15H21N5O3/c1-15(23)10-19(9-11-7-16-18(2)8-11)5-3-12(15)20-6-4-13(21)17-14(20)22/h4,6-8,12,23H,3,5,9-10H2,1-2H3,(H,17,21,22)/t12-,15-/m1/s1. The van der Waals surface area contributed by atoms with Crippen LogP contribution in [0.1, 0.15) is 24.9 Å². The van der Waals surface area contributed by atoms with Gasteiger partial charge in [0.1, 0.15) is 0 Å². The van der Waals surface area contributed by atoms with E-state index in [1.54, 1.807) is 11.6 Å². The van der Waals surface area contributed by atoms with Gasteiger partial charge in [0, 0.05) is 50.7 Å². The van der Waals surface area contributed by atoms with Crippen LogP contribution >= 0.6 is 0 Å². The van der Waals surface area contributed by atoms with Crippen molar-refractivity contribution in [2.45, 2.75) is 31.5 Å². The average Bonchev–Trinajstić information content (AvgIpc) is 2.84. The average molecular weight is 319 g/mol. The second-order valence-electron chi connectivity index (χ2n) is 6.41. The van der Waals surface area contributed by atoms with E-state index >= 15 is 0 Å². The number of H-pyrrole nitrogens is 1. The molecule has 124 valence electrons. The van der Waals surface area contributed by atoms with E-state index in [9.17, 15) is 14.7 Å². The smallest absolute Gasteiger partial charge is 0.328 e. The van der Waals surface area contributed by atoms with Gasteiger partial charge < -0.3 is 5.11 Å². The highest BCUT2D eigenvalue weighted by Gasteiger charge is 2.39. The fraction of sp³-hybridized carbons (Fsp3) is 0.533. The summed E-state index contributed by atoms with van der Waals surface area (Å²) in [6.07, 6.45) is 5.84. The molecule has 0 saturated carbocycles. The maximum atomic E-state index is 12.0. The highest BCUT2D eigenvalue weighted by molar-refractivity contribution is 5.05. The molecule has 0 aliphatic carbocycles. The normalized spacial score (nSPS) is 25.6. The number of nitrogens with zero attached hydrogens (tertiary/aromatic N) is 4. The summed E-state index contributed by atoms with van der Waals surface area (Å²) < 4.78 is 3.17. The molecule has 2 aromatic rings. The van der Waals surface area contributed by atoms with Crippen molar-refractivity contribution in [3.8, 4) is 0 Å². The molecule has 1 aliphatic heterocycles. The first kappa shape index (κ1) is 15.7. The SMILES string of the molecule is Cn1cc(CN2CC[C@@H](n3ccc(=O)[nH]c3=O)[C@](C)(O)C2)cn1. The molecule has 2 atom stereocenters. The van der Waals surface area contributed by atoms with Crippen LogP contribution in [0, 0.1) is 0 Å². The van der Waals surface area contributed by atoms with Crippen molar-refractivity contribution in [2.24, 2.45) is 7.05 Å². The third-order valence-electron chi connectivity index (χ3n) is 4.33. The molecule has 2 N–H and O–H groups in total. The predicted molar refractivity (Wildman–Crippen MR) is 84.1 cm³/mol. The fourth-order valence-electron chi connectivity index (χ4n) is 3.31. The molecular weight excluding hydrogens is 298 g/mol. The van der Waals surface area contributed by atoms with Crippen LogP contribution in [0.5, 0.6) is 0 Å². The molecule has 23 heavy (non-hydrogen) atoms. The molecule has 2 aromatic heterocycles. The zero-order chi connectivity index (χ0) is 16.6. The minimum atomic E-state index is -1.07. The van der Waals surface area contributed by atoms with E-state index < -0.39 is 16.9 Å². The minimum Gasteiger partial charge on any atom is -0.387 e.